The lowest BCUT2D eigenvalue weighted by Crippen LogP contribution is -2.34. The van der Waals surface area contributed by atoms with Gasteiger partial charge >= 0.3 is 5.97 Å². The smallest absolute Gasteiger partial charge is 0.343 e. The number of rotatable bonds is 23. The van der Waals surface area contributed by atoms with Crippen molar-refractivity contribution in [3.8, 4) is 17.2 Å². The zero-order valence-electron chi connectivity index (χ0n) is 26.8. The van der Waals surface area contributed by atoms with Crippen molar-refractivity contribution in [3.05, 3.63) is 53.6 Å². The summed E-state index contributed by atoms with van der Waals surface area (Å²) in [5.41, 5.74) is 3.43. The number of ether oxygens (including phenoxy) is 3. The van der Waals surface area contributed by atoms with Gasteiger partial charge in [0.2, 0.25) is 5.91 Å². The Labute approximate surface area is 263 Å². The number of carbonyl (C=O) groups excluding carboxylic acids is 3. The van der Waals surface area contributed by atoms with Gasteiger partial charge < -0.3 is 19.5 Å². The average molecular weight is 610 g/mol. The summed E-state index contributed by atoms with van der Waals surface area (Å²) in [7, 11) is 0. The molecule has 0 spiro atoms. The Balaban J connectivity index is 1.69. The fourth-order valence-corrected chi connectivity index (χ4v) is 4.46. The molecule has 0 radical (unpaired) electrons. The van der Waals surface area contributed by atoms with Crippen LogP contribution in [0.15, 0.2) is 47.6 Å². The van der Waals surface area contributed by atoms with Crippen molar-refractivity contribution in [2.75, 3.05) is 19.8 Å². The van der Waals surface area contributed by atoms with Crippen molar-refractivity contribution in [1.29, 1.82) is 0 Å². The molecule has 0 aromatic heterocycles. The number of unbranched alkanes of at least 4 members (excludes halogenated alkanes) is 10. The van der Waals surface area contributed by atoms with Crippen LogP contribution in [0.4, 0.5) is 0 Å². The van der Waals surface area contributed by atoms with Crippen LogP contribution in [-0.2, 0) is 9.59 Å². The molecule has 0 aliphatic carbocycles. The fourth-order valence-electron chi connectivity index (χ4n) is 4.46. The molecule has 2 N–H and O–H groups in total. The Morgan fingerprint density at radius 1 is 0.727 bits per heavy atom. The summed E-state index contributed by atoms with van der Waals surface area (Å²) in [4.78, 5) is 36.9. The van der Waals surface area contributed by atoms with Gasteiger partial charge in [0.15, 0.2) is 11.5 Å². The third-order valence-corrected chi connectivity index (χ3v) is 6.89. The summed E-state index contributed by atoms with van der Waals surface area (Å²) >= 11 is 0. The maximum absolute atomic E-state index is 12.7. The van der Waals surface area contributed by atoms with E-state index in [1.165, 1.54) is 57.6 Å². The summed E-state index contributed by atoms with van der Waals surface area (Å²) in [6.45, 7) is 6.92. The monoisotopic (exact) mass is 609 g/mol. The molecule has 0 aliphatic heterocycles. The Kier molecular flexibility index (Phi) is 18.7. The van der Waals surface area contributed by atoms with Gasteiger partial charge in [0, 0.05) is 6.42 Å². The normalized spacial score (nSPS) is 10.9. The predicted octanol–water partition coefficient (Wildman–Crippen LogP) is 7.36. The summed E-state index contributed by atoms with van der Waals surface area (Å²) in [6.07, 6.45) is 16.2. The number of nitrogens with zero attached hydrogens (tertiary/aromatic N) is 1. The highest BCUT2D eigenvalue weighted by Crippen LogP contribution is 2.29. The summed E-state index contributed by atoms with van der Waals surface area (Å²) in [6, 6.07) is 11.7. The van der Waals surface area contributed by atoms with Crippen LogP contribution < -0.4 is 25.0 Å². The molecule has 44 heavy (non-hydrogen) atoms. The molecule has 0 bridgehead atoms. The van der Waals surface area contributed by atoms with Crippen molar-refractivity contribution in [2.45, 2.75) is 104 Å². The second kappa shape index (κ2) is 22.6. The highest BCUT2D eigenvalue weighted by Gasteiger charge is 2.14. The van der Waals surface area contributed by atoms with Crippen molar-refractivity contribution < 1.29 is 28.6 Å². The number of benzene rings is 2. The number of hydrogen-bond acceptors (Lipinski definition) is 7. The molecular weight excluding hydrogens is 558 g/mol. The maximum Gasteiger partial charge on any atom is 0.343 e. The number of carbonyl (C=O) groups is 3. The van der Waals surface area contributed by atoms with E-state index in [0.29, 0.717) is 42.3 Å². The topological polar surface area (TPSA) is 115 Å². The molecular formula is C35H51N3O6. The highest BCUT2D eigenvalue weighted by atomic mass is 16.6. The molecule has 0 aliphatic rings. The van der Waals surface area contributed by atoms with Crippen molar-refractivity contribution in [2.24, 2.45) is 5.10 Å². The van der Waals surface area contributed by atoms with Gasteiger partial charge in [-0.2, -0.15) is 5.10 Å². The van der Waals surface area contributed by atoms with Gasteiger partial charge in [0.25, 0.3) is 5.91 Å². The van der Waals surface area contributed by atoms with Crippen LogP contribution in [0.3, 0.4) is 0 Å². The van der Waals surface area contributed by atoms with E-state index in [1.807, 2.05) is 13.8 Å². The molecule has 0 fully saturated rings. The van der Waals surface area contributed by atoms with Crippen LogP contribution in [-0.4, -0.2) is 43.8 Å². The molecule has 2 aromatic rings. The number of hydrazone groups is 1. The molecule has 0 saturated heterocycles. The first-order valence-electron chi connectivity index (χ1n) is 16.3. The van der Waals surface area contributed by atoms with E-state index in [-0.39, 0.29) is 18.2 Å². The molecule has 0 unspecified atom stereocenters. The lowest BCUT2D eigenvalue weighted by Gasteiger charge is -2.12. The second-order valence-electron chi connectivity index (χ2n) is 10.8. The first kappa shape index (κ1) is 36.3. The molecule has 9 nitrogen and oxygen atoms in total. The Morgan fingerprint density at radius 3 is 2.02 bits per heavy atom. The first-order valence-corrected chi connectivity index (χ1v) is 16.3. The molecule has 2 rings (SSSR count). The van der Waals surface area contributed by atoms with Crippen LogP contribution in [0, 0.1) is 0 Å². The standard InChI is InChI=1S/C35H51N3O6/c1-4-7-8-9-10-11-12-13-14-15-16-17-33(39)36-27-34(40)38-37-26-28-18-23-31(32(25-28)42-6-3)44-35(41)29-19-21-30(22-20-29)43-24-5-2/h18-23,25-26H,4-17,24,27H2,1-3H3,(H,36,39)(H,38,40)/b37-26+. The van der Waals surface area contributed by atoms with E-state index in [4.69, 9.17) is 14.2 Å². The van der Waals surface area contributed by atoms with E-state index in [9.17, 15) is 14.4 Å². The van der Waals surface area contributed by atoms with E-state index < -0.39 is 11.9 Å². The van der Waals surface area contributed by atoms with Gasteiger partial charge in [-0.1, -0.05) is 78.1 Å². The fraction of sp³-hybridized carbons (Fsp3) is 0.543. The maximum atomic E-state index is 12.7. The number of esters is 1. The van der Waals surface area contributed by atoms with Gasteiger partial charge in [-0.05, 0) is 67.8 Å². The third kappa shape index (κ3) is 15.5. The third-order valence-electron chi connectivity index (χ3n) is 6.89. The zero-order valence-corrected chi connectivity index (χ0v) is 26.8. The van der Waals surface area contributed by atoms with E-state index in [1.54, 1.807) is 42.5 Å². The van der Waals surface area contributed by atoms with E-state index >= 15 is 0 Å². The van der Waals surface area contributed by atoms with Crippen LogP contribution >= 0.6 is 0 Å². The first-order chi connectivity index (χ1) is 21.5. The zero-order chi connectivity index (χ0) is 31.8. The van der Waals surface area contributed by atoms with Gasteiger partial charge in [0.05, 0.1) is 31.5 Å². The quantitative estimate of drug-likeness (QED) is 0.0447. The minimum atomic E-state index is -0.521. The average Bonchev–Trinajstić information content (AvgIpc) is 3.03. The minimum absolute atomic E-state index is 0.132. The van der Waals surface area contributed by atoms with Crippen molar-refractivity contribution >= 4 is 24.0 Å². The molecule has 2 aromatic carbocycles. The number of hydrogen-bond donors (Lipinski definition) is 2. The molecule has 9 heteroatoms. The number of amides is 2. The van der Waals surface area contributed by atoms with Gasteiger partial charge in [-0.15, -0.1) is 0 Å². The van der Waals surface area contributed by atoms with Crippen molar-refractivity contribution in [1.82, 2.24) is 10.7 Å². The Bertz CT molecular complexity index is 1150. The molecule has 0 atom stereocenters. The van der Waals surface area contributed by atoms with E-state index in [0.717, 1.165) is 25.7 Å². The SMILES string of the molecule is CCCCCCCCCCCCCC(=O)NCC(=O)N/N=C/c1ccc(OC(=O)c2ccc(OCCC)cc2)c(OCC)c1. The number of nitrogens with one attached hydrogen (secondary N) is 2. The van der Waals surface area contributed by atoms with Crippen LogP contribution in [0.25, 0.3) is 0 Å². The van der Waals surface area contributed by atoms with Gasteiger partial charge in [0.1, 0.15) is 5.75 Å². The minimum Gasteiger partial charge on any atom is -0.494 e. The molecule has 0 saturated carbocycles. The lowest BCUT2D eigenvalue weighted by molar-refractivity contribution is -0.126. The lowest BCUT2D eigenvalue weighted by atomic mass is 10.1. The Morgan fingerprint density at radius 2 is 1.39 bits per heavy atom. The summed E-state index contributed by atoms with van der Waals surface area (Å²) in [5.74, 6) is 0.254. The van der Waals surface area contributed by atoms with Crippen molar-refractivity contribution in [3.63, 3.8) is 0 Å². The van der Waals surface area contributed by atoms with E-state index in [2.05, 4.69) is 22.8 Å². The second-order valence-corrected chi connectivity index (χ2v) is 10.8. The highest BCUT2D eigenvalue weighted by molar-refractivity contribution is 5.92. The summed E-state index contributed by atoms with van der Waals surface area (Å²) < 4.78 is 16.8. The van der Waals surface area contributed by atoms with Crippen LogP contribution in [0.2, 0.25) is 0 Å². The van der Waals surface area contributed by atoms with Crippen LogP contribution in [0.1, 0.15) is 120 Å². The van der Waals surface area contributed by atoms with Crippen LogP contribution in [0.5, 0.6) is 17.2 Å². The van der Waals surface area contributed by atoms with Gasteiger partial charge in [-0.3, -0.25) is 9.59 Å². The summed E-state index contributed by atoms with van der Waals surface area (Å²) in [5, 5.41) is 6.61. The molecule has 242 valence electrons. The van der Waals surface area contributed by atoms with Gasteiger partial charge in [-0.25, -0.2) is 10.2 Å². The molecule has 0 heterocycles. The molecule has 2 amide bonds. The largest absolute Gasteiger partial charge is 0.494 e. The Hall–Kier alpha value is -3.88. The predicted molar refractivity (Wildman–Crippen MR) is 175 cm³/mol.